The minimum absolute atomic E-state index is 0.206. The number of hydrogen-bond acceptors (Lipinski definition) is 3. The van der Waals surface area contributed by atoms with Crippen LogP contribution in [0.25, 0.3) is 0 Å². The fourth-order valence-corrected chi connectivity index (χ4v) is 4.74. The van der Waals surface area contributed by atoms with Crippen molar-refractivity contribution in [3.63, 3.8) is 0 Å². The van der Waals surface area contributed by atoms with Gasteiger partial charge in [0.05, 0.1) is 0 Å². The minimum Gasteiger partial charge on any atom is -0.508 e. The molecule has 2 aliphatic heterocycles. The number of rotatable bonds is 4. The number of piperidine rings is 2. The molecular weight excluding hydrogens is 336 g/mol. The lowest BCUT2D eigenvalue weighted by Crippen LogP contribution is -2.53. The van der Waals surface area contributed by atoms with E-state index in [1.807, 2.05) is 30.3 Å². The van der Waals surface area contributed by atoms with Crippen LogP contribution in [-0.2, 0) is 17.9 Å². The van der Waals surface area contributed by atoms with Crippen molar-refractivity contribution in [1.82, 2.24) is 9.80 Å². The van der Waals surface area contributed by atoms with Crippen LogP contribution in [0.1, 0.15) is 36.8 Å². The highest BCUT2D eigenvalue weighted by atomic mass is 16.3. The topological polar surface area (TPSA) is 43.8 Å². The van der Waals surface area contributed by atoms with Crippen molar-refractivity contribution in [3.8, 4) is 5.75 Å². The van der Waals surface area contributed by atoms with Crippen LogP contribution in [-0.4, -0.2) is 40.4 Å². The van der Waals surface area contributed by atoms with Crippen molar-refractivity contribution in [3.05, 3.63) is 65.7 Å². The maximum atomic E-state index is 12.5. The SMILES string of the molecule is O=C1CC[C@]2(CCCN(Cc3cccc(O)c3)C2)CN1Cc1ccccc1. The summed E-state index contributed by atoms with van der Waals surface area (Å²) in [5.74, 6) is 0.617. The van der Waals surface area contributed by atoms with Gasteiger partial charge in [0.15, 0.2) is 0 Å². The third kappa shape index (κ3) is 4.33. The van der Waals surface area contributed by atoms with Crippen LogP contribution >= 0.6 is 0 Å². The van der Waals surface area contributed by atoms with Crippen molar-refractivity contribution in [2.75, 3.05) is 19.6 Å². The van der Waals surface area contributed by atoms with E-state index in [4.69, 9.17) is 0 Å². The second-order valence-electron chi connectivity index (χ2n) is 8.22. The normalized spacial score (nSPS) is 23.7. The predicted molar refractivity (Wildman–Crippen MR) is 106 cm³/mol. The molecule has 0 unspecified atom stereocenters. The first-order valence-corrected chi connectivity index (χ1v) is 9.94. The summed E-state index contributed by atoms with van der Waals surface area (Å²) in [4.78, 5) is 17.1. The van der Waals surface area contributed by atoms with Gasteiger partial charge in [0.2, 0.25) is 5.91 Å². The van der Waals surface area contributed by atoms with E-state index in [-0.39, 0.29) is 11.3 Å². The first-order valence-electron chi connectivity index (χ1n) is 9.94. The van der Waals surface area contributed by atoms with Crippen molar-refractivity contribution in [2.24, 2.45) is 5.41 Å². The molecule has 0 aromatic heterocycles. The van der Waals surface area contributed by atoms with Crippen molar-refractivity contribution in [2.45, 2.75) is 38.8 Å². The van der Waals surface area contributed by atoms with Crippen LogP contribution < -0.4 is 0 Å². The number of phenols is 1. The summed E-state index contributed by atoms with van der Waals surface area (Å²) in [7, 11) is 0. The Hall–Kier alpha value is -2.33. The Morgan fingerprint density at radius 3 is 2.56 bits per heavy atom. The molecule has 1 amide bonds. The van der Waals surface area contributed by atoms with Gasteiger partial charge in [-0.2, -0.15) is 0 Å². The van der Waals surface area contributed by atoms with Gasteiger partial charge >= 0.3 is 0 Å². The number of carbonyl (C=O) groups excluding carboxylic acids is 1. The Bertz CT molecular complexity index is 792. The van der Waals surface area contributed by atoms with Gasteiger partial charge < -0.3 is 10.0 Å². The highest BCUT2D eigenvalue weighted by molar-refractivity contribution is 5.77. The van der Waals surface area contributed by atoms with Crippen molar-refractivity contribution >= 4 is 5.91 Å². The molecule has 1 N–H and O–H groups in total. The van der Waals surface area contributed by atoms with Crippen LogP contribution in [0, 0.1) is 5.41 Å². The first kappa shape index (κ1) is 18.1. The number of likely N-dealkylation sites (tertiary alicyclic amines) is 2. The Kier molecular flexibility index (Phi) is 5.17. The van der Waals surface area contributed by atoms with Gasteiger partial charge in [-0.05, 0) is 49.1 Å². The number of nitrogens with zero attached hydrogens (tertiary/aromatic N) is 2. The van der Waals surface area contributed by atoms with Crippen LogP contribution in [0.3, 0.4) is 0 Å². The molecule has 27 heavy (non-hydrogen) atoms. The zero-order chi connectivity index (χ0) is 18.7. The number of hydrogen-bond donors (Lipinski definition) is 1. The molecule has 2 aliphatic rings. The molecule has 1 spiro atoms. The predicted octanol–water partition coefficient (Wildman–Crippen LogP) is 3.80. The van der Waals surface area contributed by atoms with Crippen molar-refractivity contribution in [1.29, 1.82) is 0 Å². The molecule has 142 valence electrons. The second kappa shape index (κ2) is 7.73. The van der Waals surface area contributed by atoms with E-state index in [1.165, 1.54) is 18.4 Å². The number of aromatic hydroxyl groups is 1. The van der Waals surface area contributed by atoms with Gasteiger partial charge in [-0.25, -0.2) is 0 Å². The Labute approximate surface area is 161 Å². The highest BCUT2D eigenvalue weighted by Gasteiger charge is 2.41. The van der Waals surface area contributed by atoms with E-state index in [1.54, 1.807) is 6.07 Å². The molecule has 2 aromatic carbocycles. The smallest absolute Gasteiger partial charge is 0.222 e. The molecule has 2 aromatic rings. The number of benzene rings is 2. The van der Waals surface area contributed by atoms with E-state index < -0.39 is 0 Å². The lowest BCUT2D eigenvalue weighted by atomic mass is 9.73. The van der Waals surface area contributed by atoms with Gasteiger partial charge in [0.1, 0.15) is 5.75 Å². The summed E-state index contributed by atoms with van der Waals surface area (Å²) in [6.45, 7) is 4.55. The standard InChI is InChI=1S/C23H28N2O2/c26-21-9-4-8-20(14-21)15-24-13-5-11-23(17-24)12-10-22(27)25(18-23)16-19-6-2-1-3-7-19/h1-4,6-9,14,26H,5,10-13,15-18H2/t23-/m0/s1. The fraction of sp³-hybridized carbons (Fsp3) is 0.435. The molecule has 4 nitrogen and oxygen atoms in total. The molecule has 0 saturated carbocycles. The second-order valence-corrected chi connectivity index (χ2v) is 8.22. The van der Waals surface area contributed by atoms with Crippen LogP contribution in [0.4, 0.5) is 0 Å². The Morgan fingerprint density at radius 1 is 0.926 bits per heavy atom. The summed E-state index contributed by atoms with van der Waals surface area (Å²) >= 11 is 0. The highest BCUT2D eigenvalue weighted by Crippen LogP contribution is 2.39. The number of phenolic OH excluding ortho intramolecular Hbond substituents is 1. The molecule has 0 aliphatic carbocycles. The minimum atomic E-state index is 0.206. The molecule has 0 radical (unpaired) electrons. The summed E-state index contributed by atoms with van der Waals surface area (Å²) in [5, 5.41) is 9.73. The number of carbonyl (C=O) groups is 1. The molecule has 2 fully saturated rings. The lowest BCUT2D eigenvalue weighted by molar-refractivity contribution is -0.140. The zero-order valence-electron chi connectivity index (χ0n) is 15.8. The van der Waals surface area contributed by atoms with Gasteiger partial charge in [0.25, 0.3) is 0 Å². The van der Waals surface area contributed by atoms with E-state index in [0.29, 0.717) is 18.7 Å². The van der Waals surface area contributed by atoms with E-state index in [9.17, 15) is 9.90 Å². The van der Waals surface area contributed by atoms with Crippen molar-refractivity contribution < 1.29 is 9.90 Å². The van der Waals surface area contributed by atoms with E-state index >= 15 is 0 Å². The average molecular weight is 364 g/mol. The molecule has 2 saturated heterocycles. The summed E-state index contributed by atoms with van der Waals surface area (Å²) in [6, 6.07) is 17.9. The Morgan fingerprint density at radius 2 is 1.74 bits per heavy atom. The van der Waals surface area contributed by atoms with E-state index in [2.05, 4.69) is 28.0 Å². The summed E-state index contributed by atoms with van der Waals surface area (Å²) in [5.41, 5.74) is 2.56. The third-order valence-electron chi connectivity index (χ3n) is 6.02. The summed E-state index contributed by atoms with van der Waals surface area (Å²) < 4.78 is 0. The van der Waals surface area contributed by atoms with Gasteiger partial charge in [0, 0.05) is 38.0 Å². The summed E-state index contributed by atoms with van der Waals surface area (Å²) in [6.07, 6.45) is 4.02. The monoisotopic (exact) mass is 364 g/mol. The zero-order valence-corrected chi connectivity index (χ0v) is 15.8. The first-order chi connectivity index (χ1) is 13.1. The van der Waals surface area contributed by atoms with Gasteiger partial charge in [-0.15, -0.1) is 0 Å². The molecule has 1 atom stereocenters. The lowest BCUT2D eigenvalue weighted by Gasteiger charge is -2.48. The number of amides is 1. The molecule has 0 bridgehead atoms. The molecular formula is C23H28N2O2. The molecule has 2 heterocycles. The largest absolute Gasteiger partial charge is 0.508 e. The quantitative estimate of drug-likeness (QED) is 0.897. The van der Waals surface area contributed by atoms with Crippen LogP contribution in [0.15, 0.2) is 54.6 Å². The maximum Gasteiger partial charge on any atom is 0.222 e. The van der Waals surface area contributed by atoms with Crippen LogP contribution in [0.2, 0.25) is 0 Å². The average Bonchev–Trinajstić information content (AvgIpc) is 2.66. The maximum absolute atomic E-state index is 12.5. The fourth-order valence-electron chi connectivity index (χ4n) is 4.74. The third-order valence-corrected chi connectivity index (χ3v) is 6.02. The van der Waals surface area contributed by atoms with Gasteiger partial charge in [-0.3, -0.25) is 9.69 Å². The molecule has 4 rings (SSSR count). The van der Waals surface area contributed by atoms with Gasteiger partial charge in [-0.1, -0.05) is 42.5 Å². The van der Waals surface area contributed by atoms with E-state index in [0.717, 1.165) is 38.2 Å². The Balaban J connectivity index is 1.44. The molecule has 4 heteroatoms. The van der Waals surface area contributed by atoms with Crippen LogP contribution in [0.5, 0.6) is 5.75 Å².